The number of rotatable bonds is 8. The van der Waals surface area contributed by atoms with E-state index in [1.807, 2.05) is 19.1 Å². The standard InChI is InChI=1S/C27H35N5O6S/c1-19-15-21(29-5)18-22(16-19)37-23-8-7-20(25(33)30-10-6-9-28)17-24(23)39(35,36)32-13-11-31(12-14-32)26(34)38-27(2,3)4/h7-8,15-18,29H,6,10-14H2,1-5H3,(H,30,33). The number of sulfonamides is 1. The predicted octanol–water partition coefficient (Wildman–Crippen LogP) is 3.71. The lowest BCUT2D eigenvalue weighted by Gasteiger charge is -2.35. The number of amides is 2. The van der Waals surface area contributed by atoms with Gasteiger partial charge in [-0.2, -0.15) is 9.57 Å². The zero-order chi connectivity index (χ0) is 28.8. The molecule has 12 heteroatoms. The summed E-state index contributed by atoms with van der Waals surface area (Å²) in [4.78, 5) is 26.4. The van der Waals surface area contributed by atoms with Gasteiger partial charge in [0, 0.05) is 57.1 Å². The van der Waals surface area contributed by atoms with E-state index in [0.717, 1.165) is 11.3 Å². The number of nitrogens with zero attached hydrogens (tertiary/aromatic N) is 3. The van der Waals surface area contributed by atoms with Gasteiger partial charge in [0.15, 0.2) is 0 Å². The van der Waals surface area contributed by atoms with Crippen molar-refractivity contribution in [2.45, 2.75) is 44.6 Å². The van der Waals surface area contributed by atoms with Crippen LogP contribution < -0.4 is 15.4 Å². The third kappa shape index (κ3) is 7.84. The first-order valence-electron chi connectivity index (χ1n) is 12.6. The van der Waals surface area contributed by atoms with Gasteiger partial charge < -0.3 is 25.0 Å². The van der Waals surface area contributed by atoms with Crippen LogP contribution in [-0.4, -0.2) is 75.0 Å². The van der Waals surface area contributed by atoms with Crippen molar-refractivity contribution in [1.29, 1.82) is 5.26 Å². The quantitative estimate of drug-likeness (QED) is 0.468. The van der Waals surface area contributed by atoms with Crippen LogP contribution in [-0.2, 0) is 14.8 Å². The summed E-state index contributed by atoms with van der Waals surface area (Å²) in [5.41, 5.74) is 1.16. The molecular weight excluding hydrogens is 522 g/mol. The molecule has 0 saturated carbocycles. The van der Waals surface area contributed by atoms with E-state index < -0.39 is 27.6 Å². The summed E-state index contributed by atoms with van der Waals surface area (Å²) in [7, 11) is -2.35. The molecule has 1 aliphatic heterocycles. The number of hydrogen-bond donors (Lipinski definition) is 2. The Bertz CT molecular complexity index is 1360. The number of anilines is 1. The Morgan fingerprint density at radius 2 is 1.77 bits per heavy atom. The molecule has 0 atom stereocenters. The van der Waals surface area contributed by atoms with Gasteiger partial charge in [0.2, 0.25) is 10.0 Å². The Labute approximate surface area is 229 Å². The number of ether oxygens (including phenoxy) is 2. The Balaban J connectivity index is 1.92. The first-order valence-corrected chi connectivity index (χ1v) is 14.0. The number of piperazine rings is 1. The minimum atomic E-state index is -4.12. The lowest BCUT2D eigenvalue weighted by molar-refractivity contribution is 0.0192. The number of benzene rings is 2. The lowest BCUT2D eigenvalue weighted by Crippen LogP contribution is -2.51. The summed E-state index contributed by atoms with van der Waals surface area (Å²) < 4.78 is 40.4. The molecule has 210 valence electrons. The molecular formula is C27H35N5O6S. The van der Waals surface area contributed by atoms with Crippen LogP contribution in [0.2, 0.25) is 0 Å². The molecule has 2 aromatic rings. The molecule has 0 radical (unpaired) electrons. The van der Waals surface area contributed by atoms with E-state index in [-0.39, 0.29) is 55.4 Å². The summed E-state index contributed by atoms with van der Waals surface area (Å²) in [5.74, 6) is -0.0152. The number of aryl methyl sites for hydroxylation is 1. The number of hydrogen-bond acceptors (Lipinski definition) is 8. The van der Waals surface area contributed by atoms with Gasteiger partial charge in [0.25, 0.3) is 5.91 Å². The van der Waals surface area contributed by atoms with E-state index in [2.05, 4.69) is 10.6 Å². The average Bonchev–Trinajstić information content (AvgIpc) is 2.87. The van der Waals surface area contributed by atoms with Crippen molar-refractivity contribution in [1.82, 2.24) is 14.5 Å². The molecule has 0 bridgehead atoms. The largest absolute Gasteiger partial charge is 0.456 e. The van der Waals surface area contributed by atoms with E-state index >= 15 is 0 Å². The molecule has 1 heterocycles. The highest BCUT2D eigenvalue weighted by Crippen LogP contribution is 2.34. The van der Waals surface area contributed by atoms with Gasteiger partial charge in [-0.05, 0) is 63.6 Å². The minimum absolute atomic E-state index is 0.0496. The summed E-state index contributed by atoms with van der Waals surface area (Å²) in [6.45, 7) is 7.74. The number of carbonyl (C=O) groups is 2. The van der Waals surface area contributed by atoms with Crippen LogP contribution in [0.15, 0.2) is 41.3 Å². The third-order valence-corrected chi connectivity index (χ3v) is 7.72. The van der Waals surface area contributed by atoms with Crippen molar-refractivity contribution in [3.05, 3.63) is 47.5 Å². The number of nitrogens with one attached hydrogen (secondary N) is 2. The fourth-order valence-corrected chi connectivity index (χ4v) is 5.49. The van der Waals surface area contributed by atoms with Crippen LogP contribution in [0.4, 0.5) is 10.5 Å². The molecule has 2 aromatic carbocycles. The van der Waals surface area contributed by atoms with Gasteiger partial charge in [-0.25, -0.2) is 13.2 Å². The summed E-state index contributed by atoms with van der Waals surface area (Å²) in [6.07, 6.45) is -0.374. The Hall–Kier alpha value is -3.82. The fourth-order valence-electron chi connectivity index (χ4n) is 3.92. The number of nitriles is 1. The van der Waals surface area contributed by atoms with Crippen molar-refractivity contribution in [2.75, 3.05) is 45.1 Å². The highest BCUT2D eigenvalue weighted by atomic mass is 32.2. The van der Waals surface area contributed by atoms with Gasteiger partial charge in [-0.1, -0.05) is 0 Å². The molecule has 1 saturated heterocycles. The van der Waals surface area contributed by atoms with Gasteiger partial charge in [-0.3, -0.25) is 4.79 Å². The van der Waals surface area contributed by atoms with E-state index in [9.17, 15) is 18.0 Å². The molecule has 2 amide bonds. The Morgan fingerprint density at radius 1 is 1.08 bits per heavy atom. The average molecular weight is 558 g/mol. The summed E-state index contributed by atoms with van der Waals surface area (Å²) in [5, 5.41) is 14.4. The third-order valence-electron chi connectivity index (χ3n) is 5.80. The van der Waals surface area contributed by atoms with Gasteiger partial charge in [-0.15, -0.1) is 0 Å². The molecule has 2 N–H and O–H groups in total. The lowest BCUT2D eigenvalue weighted by atomic mass is 10.2. The molecule has 0 unspecified atom stereocenters. The second-order valence-corrected chi connectivity index (χ2v) is 12.0. The molecule has 11 nitrogen and oxygen atoms in total. The van der Waals surface area contributed by atoms with Crippen LogP contribution in [0.1, 0.15) is 43.1 Å². The van der Waals surface area contributed by atoms with Crippen molar-refractivity contribution in [3.63, 3.8) is 0 Å². The van der Waals surface area contributed by atoms with Gasteiger partial charge in [0.05, 0.1) is 12.5 Å². The normalized spacial score (nSPS) is 14.3. The van der Waals surface area contributed by atoms with E-state index in [1.165, 1.54) is 27.4 Å². The van der Waals surface area contributed by atoms with Crippen LogP contribution >= 0.6 is 0 Å². The SMILES string of the molecule is CNc1cc(C)cc(Oc2ccc(C(=O)NCCC#N)cc2S(=O)(=O)N2CCN(C(=O)OC(C)(C)C)CC2)c1. The first-order chi connectivity index (χ1) is 18.3. The molecule has 0 aromatic heterocycles. The van der Waals surface area contributed by atoms with Crippen molar-refractivity contribution in [2.24, 2.45) is 0 Å². The van der Waals surface area contributed by atoms with Crippen molar-refractivity contribution in [3.8, 4) is 17.6 Å². The zero-order valence-electron chi connectivity index (χ0n) is 22.9. The number of carbonyl (C=O) groups excluding carboxylic acids is 2. The summed E-state index contributed by atoms with van der Waals surface area (Å²) in [6, 6.07) is 11.6. The second-order valence-electron chi connectivity index (χ2n) is 10.1. The Morgan fingerprint density at radius 3 is 2.38 bits per heavy atom. The molecule has 1 aliphatic rings. The Kier molecular flexibility index (Phi) is 9.42. The van der Waals surface area contributed by atoms with Crippen LogP contribution in [0.5, 0.6) is 11.5 Å². The second kappa shape index (κ2) is 12.4. The molecule has 3 rings (SSSR count). The monoisotopic (exact) mass is 557 g/mol. The predicted molar refractivity (Wildman–Crippen MR) is 146 cm³/mol. The molecule has 1 fully saturated rings. The van der Waals surface area contributed by atoms with Crippen molar-refractivity contribution < 1.29 is 27.5 Å². The maximum Gasteiger partial charge on any atom is 0.410 e. The molecule has 0 aliphatic carbocycles. The topological polar surface area (TPSA) is 141 Å². The van der Waals surface area contributed by atoms with E-state index in [0.29, 0.717) is 5.75 Å². The van der Waals surface area contributed by atoms with E-state index in [1.54, 1.807) is 40.0 Å². The minimum Gasteiger partial charge on any atom is -0.456 e. The maximum absolute atomic E-state index is 13.9. The molecule has 39 heavy (non-hydrogen) atoms. The highest BCUT2D eigenvalue weighted by molar-refractivity contribution is 7.89. The fraction of sp³-hybridized carbons (Fsp3) is 0.444. The van der Waals surface area contributed by atoms with Gasteiger partial charge in [0.1, 0.15) is 22.0 Å². The van der Waals surface area contributed by atoms with E-state index in [4.69, 9.17) is 14.7 Å². The van der Waals surface area contributed by atoms with Crippen LogP contribution in [0.3, 0.4) is 0 Å². The van der Waals surface area contributed by atoms with Gasteiger partial charge >= 0.3 is 6.09 Å². The highest BCUT2D eigenvalue weighted by Gasteiger charge is 2.34. The smallest absolute Gasteiger partial charge is 0.410 e. The first kappa shape index (κ1) is 29.7. The summed E-state index contributed by atoms with van der Waals surface area (Å²) >= 11 is 0. The zero-order valence-corrected chi connectivity index (χ0v) is 23.7. The molecule has 0 spiro atoms. The van der Waals surface area contributed by atoms with Crippen LogP contribution in [0.25, 0.3) is 0 Å². The maximum atomic E-state index is 13.9. The van der Waals surface area contributed by atoms with Crippen molar-refractivity contribution >= 4 is 27.7 Å². The van der Waals surface area contributed by atoms with Crippen LogP contribution in [0, 0.1) is 18.3 Å².